The van der Waals surface area contributed by atoms with Crippen LogP contribution in [0.25, 0.3) is 0 Å². The van der Waals surface area contributed by atoms with E-state index >= 15 is 0 Å². The van der Waals surface area contributed by atoms with Gasteiger partial charge in [-0.2, -0.15) is 0 Å². The smallest absolute Gasteiger partial charge is 0.315 e. The zero-order valence-corrected chi connectivity index (χ0v) is 13.7. The van der Waals surface area contributed by atoms with Crippen LogP contribution >= 0.6 is 0 Å². The molecule has 3 N–H and O–H groups in total. The molecule has 0 heterocycles. The van der Waals surface area contributed by atoms with Crippen LogP contribution in [0, 0.1) is 11.3 Å². The highest BCUT2D eigenvalue weighted by atomic mass is 16.4. The van der Waals surface area contributed by atoms with Crippen molar-refractivity contribution in [1.82, 2.24) is 10.6 Å². The number of carboxylic acid groups (broad SMARTS) is 1. The number of carboxylic acids is 1. The van der Waals surface area contributed by atoms with E-state index in [0.717, 1.165) is 25.7 Å². The van der Waals surface area contributed by atoms with Gasteiger partial charge >= 0.3 is 12.0 Å². The molecular formula is C17H28N2O3. The lowest BCUT2D eigenvalue weighted by Gasteiger charge is -2.29. The molecule has 0 radical (unpaired) electrons. The number of hydrogen-bond donors (Lipinski definition) is 3. The fraction of sp³-hybridized carbons (Fsp3) is 0.765. The standard InChI is InChI=1S/C17H28N2O3/c1-17(2,13-5-3-4-6-13)11-18-16(22)19-14-9-7-12(8-10-14)15(20)21/h5,12,14H,3-4,6-11H2,1-2H3,(H,20,21)(H2,18,19,22). The van der Waals surface area contributed by atoms with Crippen LogP contribution in [0.5, 0.6) is 0 Å². The van der Waals surface area contributed by atoms with Gasteiger partial charge in [0, 0.05) is 18.0 Å². The maximum absolute atomic E-state index is 12.0. The molecule has 5 nitrogen and oxygen atoms in total. The molecule has 5 heteroatoms. The van der Waals surface area contributed by atoms with Crippen molar-refractivity contribution in [2.45, 2.75) is 64.8 Å². The van der Waals surface area contributed by atoms with Gasteiger partial charge < -0.3 is 15.7 Å². The van der Waals surface area contributed by atoms with Gasteiger partial charge in [0.2, 0.25) is 0 Å². The Morgan fingerprint density at radius 3 is 2.50 bits per heavy atom. The first-order valence-corrected chi connectivity index (χ1v) is 8.35. The lowest BCUT2D eigenvalue weighted by atomic mass is 9.83. The first-order valence-electron chi connectivity index (χ1n) is 8.35. The van der Waals surface area contributed by atoms with Gasteiger partial charge in [-0.15, -0.1) is 0 Å². The molecule has 2 aliphatic rings. The predicted molar refractivity (Wildman–Crippen MR) is 85.6 cm³/mol. The fourth-order valence-corrected chi connectivity index (χ4v) is 3.42. The second-order valence-corrected chi connectivity index (χ2v) is 7.22. The second kappa shape index (κ2) is 7.16. The number of carbonyl (C=O) groups excluding carboxylic acids is 1. The number of aliphatic carboxylic acids is 1. The number of hydrogen-bond acceptors (Lipinski definition) is 2. The number of nitrogens with one attached hydrogen (secondary N) is 2. The van der Waals surface area contributed by atoms with E-state index in [2.05, 4.69) is 30.6 Å². The molecule has 1 fully saturated rings. The van der Waals surface area contributed by atoms with Crippen LogP contribution in [0.4, 0.5) is 4.79 Å². The number of rotatable bonds is 5. The monoisotopic (exact) mass is 308 g/mol. The molecule has 2 rings (SSSR count). The van der Waals surface area contributed by atoms with Crippen molar-refractivity contribution in [1.29, 1.82) is 0 Å². The SMILES string of the molecule is CC(C)(CNC(=O)NC1CCC(C(=O)O)CC1)C1=CCCC1. The molecular weight excluding hydrogens is 280 g/mol. The van der Waals surface area contributed by atoms with E-state index < -0.39 is 5.97 Å². The quantitative estimate of drug-likeness (QED) is 0.683. The zero-order valence-electron chi connectivity index (χ0n) is 13.7. The fourth-order valence-electron chi connectivity index (χ4n) is 3.42. The molecule has 0 aromatic rings. The lowest BCUT2D eigenvalue weighted by molar-refractivity contribution is -0.142. The van der Waals surface area contributed by atoms with Gasteiger partial charge in [0.25, 0.3) is 0 Å². The van der Waals surface area contributed by atoms with E-state index in [9.17, 15) is 9.59 Å². The summed E-state index contributed by atoms with van der Waals surface area (Å²) in [5.41, 5.74) is 1.45. The van der Waals surface area contributed by atoms with E-state index in [4.69, 9.17) is 5.11 Å². The van der Waals surface area contributed by atoms with E-state index in [1.165, 1.54) is 12.0 Å². The molecule has 0 unspecified atom stereocenters. The van der Waals surface area contributed by atoms with E-state index in [1.54, 1.807) is 0 Å². The molecule has 0 aromatic carbocycles. The van der Waals surface area contributed by atoms with Crippen LogP contribution in [0.3, 0.4) is 0 Å². The van der Waals surface area contributed by atoms with Crippen molar-refractivity contribution in [3.63, 3.8) is 0 Å². The van der Waals surface area contributed by atoms with Gasteiger partial charge in [0.05, 0.1) is 5.92 Å². The molecule has 0 saturated heterocycles. The Hall–Kier alpha value is -1.52. The summed E-state index contributed by atoms with van der Waals surface area (Å²) in [7, 11) is 0. The average Bonchev–Trinajstić information content (AvgIpc) is 3.01. The summed E-state index contributed by atoms with van der Waals surface area (Å²) in [5, 5.41) is 14.9. The number of allylic oxidation sites excluding steroid dienone is 1. The van der Waals surface area contributed by atoms with E-state index in [1.807, 2.05) is 0 Å². The molecule has 1 saturated carbocycles. The summed E-state index contributed by atoms with van der Waals surface area (Å²) in [6.07, 6.45) is 8.60. The largest absolute Gasteiger partial charge is 0.481 e. The summed E-state index contributed by atoms with van der Waals surface area (Å²) in [4.78, 5) is 22.9. The molecule has 22 heavy (non-hydrogen) atoms. The van der Waals surface area contributed by atoms with Crippen LogP contribution in [-0.4, -0.2) is 29.7 Å². The topological polar surface area (TPSA) is 78.4 Å². The van der Waals surface area contributed by atoms with Gasteiger partial charge in [-0.05, 0) is 44.9 Å². The Morgan fingerprint density at radius 2 is 1.95 bits per heavy atom. The van der Waals surface area contributed by atoms with Crippen LogP contribution < -0.4 is 10.6 Å². The van der Waals surface area contributed by atoms with E-state index in [0.29, 0.717) is 19.4 Å². The highest BCUT2D eigenvalue weighted by molar-refractivity contribution is 5.74. The average molecular weight is 308 g/mol. The Kier molecular flexibility index (Phi) is 5.48. The molecule has 0 atom stereocenters. The number of carbonyl (C=O) groups is 2. The summed E-state index contributed by atoms with van der Waals surface area (Å²) < 4.78 is 0. The minimum atomic E-state index is -0.713. The normalized spacial score (nSPS) is 25.5. The van der Waals surface area contributed by atoms with Gasteiger partial charge in [0.15, 0.2) is 0 Å². The lowest BCUT2D eigenvalue weighted by Crippen LogP contribution is -2.46. The molecule has 0 spiro atoms. The van der Waals surface area contributed by atoms with Crippen molar-refractivity contribution in [3.05, 3.63) is 11.6 Å². The second-order valence-electron chi connectivity index (χ2n) is 7.22. The number of urea groups is 1. The van der Waals surface area contributed by atoms with Crippen LogP contribution in [0.2, 0.25) is 0 Å². The Labute approximate surface area is 132 Å². The van der Waals surface area contributed by atoms with Gasteiger partial charge in [0.1, 0.15) is 0 Å². The Bertz CT molecular complexity index is 449. The third kappa shape index (κ3) is 4.49. The molecule has 2 amide bonds. The Balaban J connectivity index is 1.71. The number of amides is 2. The molecule has 0 aliphatic heterocycles. The van der Waals surface area contributed by atoms with Crippen LogP contribution in [0.15, 0.2) is 11.6 Å². The Morgan fingerprint density at radius 1 is 1.27 bits per heavy atom. The van der Waals surface area contributed by atoms with Crippen molar-refractivity contribution in [2.75, 3.05) is 6.54 Å². The van der Waals surface area contributed by atoms with Crippen molar-refractivity contribution >= 4 is 12.0 Å². The van der Waals surface area contributed by atoms with Crippen molar-refractivity contribution < 1.29 is 14.7 Å². The summed E-state index contributed by atoms with van der Waals surface area (Å²) >= 11 is 0. The molecule has 2 aliphatic carbocycles. The minimum absolute atomic E-state index is 0.00874. The third-order valence-corrected chi connectivity index (χ3v) is 5.01. The van der Waals surface area contributed by atoms with Crippen LogP contribution in [0.1, 0.15) is 58.8 Å². The summed E-state index contributed by atoms with van der Waals surface area (Å²) in [6.45, 7) is 4.97. The minimum Gasteiger partial charge on any atom is -0.481 e. The maximum Gasteiger partial charge on any atom is 0.315 e. The first kappa shape index (κ1) is 16.8. The van der Waals surface area contributed by atoms with Crippen LogP contribution in [-0.2, 0) is 4.79 Å². The highest BCUT2D eigenvalue weighted by Gasteiger charge is 2.28. The van der Waals surface area contributed by atoms with Gasteiger partial charge in [-0.3, -0.25) is 4.79 Å². The van der Waals surface area contributed by atoms with Gasteiger partial charge in [-0.25, -0.2) is 4.79 Å². The summed E-state index contributed by atoms with van der Waals surface area (Å²) in [6, 6.07) is -0.0325. The molecule has 0 aromatic heterocycles. The van der Waals surface area contributed by atoms with Crippen molar-refractivity contribution in [3.8, 4) is 0 Å². The highest BCUT2D eigenvalue weighted by Crippen LogP contribution is 2.34. The van der Waals surface area contributed by atoms with Crippen molar-refractivity contribution in [2.24, 2.45) is 11.3 Å². The third-order valence-electron chi connectivity index (χ3n) is 5.01. The molecule has 0 bridgehead atoms. The maximum atomic E-state index is 12.0. The predicted octanol–water partition coefficient (Wildman–Crippen LogP) is 3.07. The van der Waals surface area contributed by atoms with E-state index in [-0.39, 0.29) is 23.4 Å². The zero-order chi connectivity index (χ0) is 16.2. The first-order chi connectivity index (χ1) is 10.4. The van der Waals surface area contributed by atoms with Gasteiger partial charge in [-0.1, -0.05) is 25.5 Å². The summed E-state index contributed by atoms with van der Waals surface area (Å²) in [5.74, 6) is -0.955. The molecule has 124 valence electrons.